The summed E-state index contributed by atoms with van der Waals surface area (Å²) in [5, 5.41) is 12.8. The molecule has 1 rings (SSSR count). The molecule has 2 N–H and O–H groups in total. The molecule has 1 unspecified atom stereocenters. The zero-order valence-corrected chi connectivity index (χ0v) is 11.4. The monoisotopic (exact) mass is 291 g/mol. The molecule has 0 saturated heterocycles. The Morgan fingerprint density at radius 1 is 1.20 bits per heavy atom. The molecule has 0 aliphatic rings. The topological polar surface area (TPSA) is 41.5 Å². The number of ether oxygens (including phenoxy) is 1. The van der Waals surface area contributed by atoms with Gasteiger partial charge in [-0.1, -0.05) is 37.3 Å². The summed E-state index contributed by atoms with van der Waals surface area (Å²) in [4.78, 5) is 0. The van der Waals surface area contributed by atoms with Gasteiger partial charge < -0.3 is 15.2 Å². The molecule has 3 nitrogen and oxygen atoms in total. The average Bonchev–Trinajstić information content (AvgIpc) is 2.42. The third kappa shape index (κ3) is 5.11. The van der Waals surface area contributed by atoms with Crippen molar-refractivity contribution in [3.05, 3.63) is 35.9 Å². The van der Waals surface area contributed by atoms with Gasteiger partial charge in [-0.25, -0.2) is 0 Å². The molecule has 1 aromatic carbocycles. The smallest absolute Gasteiger partial charge is 0.394 e. The van der Waals surface area contributed by atoms with Gasteiger partial charge in [0.05, 0.1) is 12.1 Å². The Balaban J connectivity index is 2.69. The number of aliphatic hydroxyl groups is 1. The van der Waals surface area contributed by atoms with Crippen LogP contribution in [-0.4, -0.2) is 37.6 Å². The van der Waals surface area contributed by atoms with Crippen LogP contribution >= 0.6 is 0 Å². The van der Waals surface area contributed by atoms with Crippen LogP contribution in [0.15, 0.2) is 30.3 Å². The van der Waals surface area contributed by atoms with Gasteiger partial charge >= 0.3 is 6.18 Å². The summed E-state index contributed by atoms with van der Waals surface area (Å²) in [7, 11) is 0. The first kappa shape index (κ1) is 16.9. The van der Waals surface area contributed by atoms with Crippen LogP contribution in [0.25, 0.3) is 0 Å². The van der Waals surface area contributed by atoms with Crippen LogP contribution in [0, 0.1) is 0 Å². The third-order valence-corrected chi connectivity index (χ3v) is 3.05. The molecule has 0 saturated carbocycles. The van der Waals surface area contributed by atoms with Gasteiger partial charge in [0.2, 0.25) is 0 Å². The van der Waals surface area contributed by atoms with Crippen molar-refractivity contribution in [2.24, 2.45) is 0 Å². The van der Waals surface area contributed by atoms with Crippen molar-refractivity contribution >= 4 is 0 Å². The fourth-order valence-corrected chi connectivity index (χ4v) is 2.09. The van der Waals surface area contributed by atoms with E-state index >= 15 is 0 Å². The van der Waals surface area contributed by atoms with E-state index in [4.69, 9.17) is 0 Å². The van der Waals surface area contributed by atoms with E-state index in [1.807, 2.05) is 37.3 Å². The highest BCUT2D eigenvalue weighted by molar-refractivity contribution is 5.24. The van der Waals surface area contributed by atoms with Crippen molar-refractivity contribution in [1.29, 1.82) is 0 Å². The second kappa shape index (κ2) is 7.61. The number of rotatable bonds is 8. The summed E-state index contributed by atoms with van der Waals surface area (Å²) in [6, 6.07) is 9.17. The summed E-state index contributed by atoms with van der Waals surface area (Å²) in [6.45, 7) is 0.913. The van der Waals surface area contributed by atoms with Crippen molar-refractivity contribution in [2.75, 3.05) is 26.4 Å². The van der Waals surface area contributed by atoms with Crippen LogP contribution in [0.4, 0.5) is 13.2 Å². The Hall–Kier alpha value is -1.11. The summed E-state index contributed by atoms with van der Waals surface area (Å²) in [5.41, 5.74) is 0.0571. The van der Waals surface area contributed by atoms with Crippen LogP contribution in [0.5, 0.6) is 0 Å². The first-order valence-electron chi connectivity index (χ1n) is 6.49. The van der Waals surface area contributed by atoms with Crippen LogP contribution in [0.3, 0.4) is 0 Å². The van der Waals surface area contributed by atoms with E-state index in [0.717, 1.165) is 5.56 Å². The molecule has 0 amide bonds. The third-order valence-electron chi connectivity index (χ3n) is 3.05. The average molecular weight is 291 g/mol. The quantitative estimate of drug-likeness (QED) is 0.723. The molecular formula is C14H20F3NO2. The molecule has 114 valence electrons. The van der Waals surface area contributed by atoms with Gasteiger partial charge in [-0.3, -0.25) is 0 Å². The Bertz CT molecular complexity index is 384. The van der Waals surface area contributed by atoms with Gasteiger partial charge in [-0.2, -0.15) is 13.2 Å². The molecule has 0 heterocycles. The van der Waals surface area contributed by atoms with Gasteiger partial charge in [-0.15, -0.1) is 0 Å². The molecule has 1 aromatic rings. The van der Waals surface area contributed by atoms with Gasteiger partial charge in [0, 0.05) is 6.61 Å². The number of alkyl halides is 3. The van der Waals surface area contributed by atoms with Crippen LogP contribution in [0.1, 0.15) is 18.9 Å². The number of benzene rings is 1. The summed E-state index contributed by atoms with van der Waals surface area (Å²) in [6.07, 6.45) is -4.07. The SMILES string of the molecule is CCNC(CO)(CCOCC(F)(F)F)c1ccccc1. The van der Waals surface area contributed by atoms with Gasteiger partial charge in [-0.05, 0) is 18.5 Å². The number of halogens is 3. The van der Waals surface area contributed by atoms with Crippen LogP contribution in [0.2, 0.25) is 0 Å². The Morgan fingerprint density at radius 3 is 2.35 bits per heavy atom. The first-order valence-corrected chi connectivity index (χ1v) is 6.49. The molecule has 0 aliphatic carbocycles. The van der Waals surface area contributed by atoms with Gasteiger partial charge in [0.1, 0.15) is 6.61 Å². The number of aliphatic hydroxyl groups excluding tert-OH is 1. The van der Waals surface area contributed by atoms with E-state index in [-0.39, 0.29) is 19.6 Å². The van der Waals surface area contributed by atoms with E-state index < -0.39 is 18.3 Å². The fraction of sp³-hybridized carbons (Fsp3) is 0.571. The summed E-state index contributed by atoms with van der Waals surface area (Å²) < 4.78 is 40.8. The van der Waals surface area contributed by atoms with Gasteiger partial charge in [0.15, 0.2) is 0 Å². The van der Waals surface area contributed by atoms with Crippen molar-refractivity contribution in [2.45, 2.75) is 25.1 Å². The largest absolute Gasteiger partial charge is 0.411 e. The molecule has 0 fully saturated rings. The lowest BCUT2D eigenvalue weighted by Gasteiger charge is -2.33. The molecule has 0 radical (unpaired) electrons. The molecule has 0 bridgehead atoms. The van der Waals surface area contributed by atoms with Crippen LogP contribution in [-0.2, 0) is 10.3 Å². The van der Waals surface area contributed by atoms with Crippen LogP contribution < -0.4 is 5.32 Å². The lowest BCUT2D eigenvalue weighted by atomic mass is 9.87. The molecule has 20 heavy (non-hydrogen) atoms. The zero-order valence-electron chi connectivity index (χ0n) is 11.4. The van der Waals surface area contributed by atoms with Gasteiger partial charge in [0.25, 0.3) is 0 Å². The van der Waals surface area contributed by atoms with E-state index in [9.17, 15) is 18.3 Å². The predicted molar refractivity (Wildman–Crippen MR) is 70.4 cm³/mol. The number of hydrogen-bond donors (Lipinski definition) is 2. The minimum atomic E-state index is -4.33. The Labute approximate surface area is 116 Å². The van der Waals surface area contributed by atoms with E-state index in [1.54, 1.807) is 0 Å². The highest BCUT2D eigenvalue weighted by Gasteiger charge is 2.32. The maximum Gasteiger partial charge on any atom is 0.411 e. The maximum atomic E-state index is 12.0. The number of likely N-dealkylation sites (N-methyl/N-ethyl adjacent to an activating group) is 1. The standard InChI is InChI=1S/C14H20F3NO2/c1-2-18-13(10-19,12-6-4-3-5-7-12)8-9-20-11-14(15,16)17/h3-7,18-19H,2,8-11H2,1H3. The number of nitrogens with one attached hydrogen (secondary N) is 1. The fourth-order valence-electron chi connectivity index (χ4n) is 2.09. The number of hydrogen-bond acceptors (Lipinski definition) is 3. The van der Waals surface area contributed by atoms with Crippen molar-refractivity contribution in [1.82, 2.24) is 5.32 Å². The Kier molecular flexibility index (Phi) is 6.45. The zero-order chi connectivity index (χ0) is 15.1. The second-order valence-electron chi connectivity index (χ2n) is 4.55. The molecule has 0 spiro atoms. The lowest BCUT2D eigenvalue weighted by Crippen LogP contribution is -2.46. The minimum Gasteiger partial charge on any atom is -0.394 e. The predicted octanol–water partition coefficient (Wildman–Crippen LogP) is 2.45. The molecule has 0 aliphatic heterocycles. The maximum absolute atomic E-state index is 12.0. The van der Waals surface area contributed by atoms with Crippen molar-refractivity contribution in [3.63, 3.8) is 0 Å². The van der Waals surface area contributed by atoms with E-state index in [1.165, 1.54) is 0 Å². The molecular weight excluding hydrogens is 271 g/mol. The highest BCUT2D eigenvalue weighted by atomic mass is 19.4. The highest BCUT2D eigenvalue weighted by Crippen LogP contribution is 2.25. The second-order valence-corrected chi connectivity index (χ2v) is 4.55. The van der Waals surface area contributed by atoms with E-state index in [0.29, 0.717) is 6.54 Å². The van der Waals surface area contributed by atoms with Crippen molar-refractivity contribution in [3.8, 4) is 0 Å². The normalized spacial score (nSPS) is 15.1. The summed E-state index contributed by atoms with van der Waals surface area (Å²) >= 11 is 0. The summed E-state index contributed by atoms with van der Waals surface area (Å²) in [5.74, 6) is 0. The molecule has 1 atom stereocenters. The van der Waals surface area contributed by atoms with E-state index in [2.05, 4.69) is 10.1 Å². The first-order chi connectivity index (χ1) is 9.43. The Morgan fingerprint density at radius 2 is 1.85 bits per heavy atom. The lowest BCUT2D eigenvalue weighted by molar-refractivity contribution is -0.175. The minimum absolute atomic E-state index is 0.0814. The molecule has 6 heteroatoms. The molecule has 0 aromatic heterocycles. The van der Waals surface area contributed by atoms with Crippen molar-refractivity contribution < 1.29 is 23.0 Å².